The van der Waals surface area contributed by atoms with E-state index < -0.39 is 0 Å². The maximum Gasteiger partial charge on any atom is 0.133 e. The molecule has 3 rings (SSSR count). The molecule has 1 aliphatic carbocycles. The zero-order chi connectivity index (χ0) is 23.1. The van der Waals surface area contributed by atoms with Crippen LogP contribution in [0.5, 0.6) is 0 Å². The highest BCUT2D eigenvalue weighted by Gasteiger charge is 2.35. The van der Waals surface area contributed by atoms with Crippen LogP contribution in [-0.2, 0) is 6.54 Å². The summed E-state index contributed by atoms with van der Waals surface area (Å²) in [5, 5.41) is 4.61. The molecule has 1 aliphatic heterocycles. The molecule has 176 valence electrons. The zero-order valence-corrected chi connectivity index (χ0v) is 21.0. The highest BCUT2D eigenvalue weighted by atomic mass is 35.5. The predicted molar refractivity (Wildman–Crippen MR) is 137 cm³/mol. The molecular weight excluding hydrogens is 416 g/mol. The van der Waals surface area contributed by atoms with E-state index in [1.165, 1.54) is 49.8 Å². The molecule has 1 aromatic carbocycles. The fourth-order valence-electron chi connectivity index (χ4n) is 4.98. The largest absolute Gasteiger partial charge is 0.373 e. The first kappa shape index (κ1) is 24.6. The van der Waals surface area contributed by atoms with Crippen LogP contribution in [0.2, 0.25) is 5.02 Å². The van der Waals surface area contributed by atoms with Gasteiger partial charge < -0.3 is 20.0 Å². The van der Waals surface area contributed by atoms with Crippen molar-refractivity contribution in [2.45, 2.75) is 71.0 Å². The quantitative estimate of drug-likeness (QED) is 0.408. The van der Waals surface area contributed by atoms with Crippen LogP contribution in [0, 0.1) is 5.92 Å². The van der Waals surface area contributed by atoms with Crippen LogP contribution < -0.4 is 5.32 Å². The Morgan fingerprint density at radius 3 is 2.47 bits per heavy atom. The minimum Gasteiger partial charge on any atom is -0.373 e. The van der Waals surface area contributed by atoms with Gasteiger partial charge in [0, 0.05) is 32.2 Å². The normalized spacial score (nSPS) is 19.1. The molecular formula is C27H41ClN4. The molecule has 1 atom stereocenters. The SMILES string of the molecule is C=CN(C)C1=C(C(=C)N(C)CCC)N(Cc2ccc(Cl)cc2)C(CCC2CCCCC2)N1. The van der Waals surface area contributed by atoms with Gasteiger partial charge in [0.05, 0.1) is 5.70 Å². The lowest BCUT2D eigenvalue weighted by atomic mass is 9.86. The van der Waals surface area contributed by atoms with Gasteiger partial charge in [-0.3, -0.25) is 0 Å². The first-order valence-electron chi connectivity index (χ1n) is 12.2. The summed E-state index contributed by atoms with van der Waals surface area (Å²) in [7, 11) is 4.20. The standard InChI is InChI=1S/C27H41ClN4/c1-6-19-31(5)21(3)26-27(30(4)7-2)29-25(18-15-22-11-9-8-10-12-22)32(26)20-23-13-16-24(28)17-14-23/h7,13-14,16-17,22,25,29H,2-3,6,8-12,15,18-20H2,1,4-5H3. The third kappa shape index (κ3) is 6.04. The average molecular weight is 457 g/mol. The molecule has 1 unspecified atom stereocenters. The number of nitrogens with one attached hydrogen (secondary N) is 1. The molecule has 0 saturated heterocycles. The predicted octanol–water partition coefficient (Wildman–Crippen LogP) is 6.53. The first-order valence-corrected chi connectivity index (χ1v) is 12.6. The van der Waals surface area contributed by atoms with Crippen LogP contribution in [0.1, 0.15) is 63.9 Å². The molecule has 0 radical (unpaired) electrons. The minimum atomic E-state index is 0.242. The summed E-state index contributed by atoms with van der Waals surface area (Å²) >= 11 is 6.16. The van der Waals surface area contributed by atoms with Crippen molar-refractivity contribution < 1.29 is 0 Å². The Balaban J connectivity index is 1.89. The van der Waals surface area contributed by atoms with E-state index in [2.05, 4.69) is 66.3 Å². The summed E-state index contributed by atoms with van der Waals surface area (Å²) in [6, 6.07) is 8.23. The lowest BCUT2D eigenvalue weighted by Gasteiger charge is -2.33. The van der Waals surface area contributed by atoms with Crippen molar-refractivity contribution >= 4 is 11.6 Å². The van der Waals surface area contributed by atoms with Crippen molar-refractivity contribution in [3.63, 3.8) is 0 Å². The highest BCUT2D eigenvalue weighted by Crippen LogP contribution is 2.35. The van der Waals surface area contributed by atoms with Gasteiger partial charge in [-0.15, -0.1) is 0 Å². The van der Waals surface area contributed by atoms with E-state index in [1.54, 1.807) is 0 Å². The Labute approximate surface area is 200 Å². The Morgan fingerprint density at radius 2 is 1.84 bits per heavy atom. The van der Waals surface area contributed by atoms with Gasteiger partial charge in [0.1, 0.15) is 17.7 Å². The molecule has 0 spiro atoms. The van der Waals surface area contributed by atoms with Crippen molar-refractivity contribution in [2.24, 2.45) is 5.92 Å². The fraction of sp³-hybridized carbons (Fsp3) is 0.556. The smallest absolute Gasteiger partial charge is 0.133 e. The van der Waals surface area contributed by atoms with Gasteiger partial charge in [0.25, 0.3) is 0 Å². The number of likely N-dealkylation sites (N-methyl/N-ethyl adjacent to an activating group) is 1. The van der Waals surface area contributed by atoms with Gasteiger partial charge in [0.15, 0.2) is 0 Å². The highest BCUT2D eigenvalue weighted by molar-refractivity contribution is 6.30. The monoisotopic (exact) mass is 456 g/mol. The summed E-state index contributed by atoms with van der Waals surface area (Å²) in [6.45, 7) is 12.5. The van der Waals surface area contributed by atoms with E-state index in [-0.39, 0.29) is 6.17 Å². The number of hydrogen-bond donors (Lipinski definition) is 1. The Kier molecular flexibility index (Phi) is 8.98. The van der Waals surface area contributed by atoms with Gasteiger partial charge in [-0.05, 0) is 49.1 Å². The molecule has 4 nitrogen and oxygen atoms in total. The van der Waals surface area contributed by atoms with Crippen LogP contribution in [0.25, 0.3) is 0 Å². The van der Waals surface area contributed by atoms with Gasteiger partial charge in [0.2, 0.25) is 0 Å². The lowest BCUT2D eigenvalue weighted by Crippen LogP contribution is -2.39. The van der Waals surface area contributed by atoms with Gasteiger partial charge in [-0.1, -0.05) is 75.9 Å². The number of hydrogen-bond acceptors (Lipinski definition) is 4. The van der Waals surface area contributed by atoms with Crippen molar-refractivity contribution in [1.29, 1.82) is 0 Å². The van der Waals surface area contributed by atoms with Crippen molar-refractivity contribution in [1.82, 2.24) is 20.0 Å². The molecule has 0 bridgehead atoms. The topological polar surface area (TPSA) is 21.8 Å². The van der Waals surface area contributed by atoms with Gasteiger partial charge in [-0.2, -0.15) is 0 Å². The second kappa shape index (κ2) is 11.7. The molecule has 1 saturated carbocycles. The number of benzene rings is 1. The number of halogens is 1. The molecule has 0 amide bonds. The third-order valence-electron chi connectivity index (χ3n) is 6.95. The molecule has 32 heavy (non-hydrogen) atoms. The number of nitrogens with zero attached hydrogens (tertiary/aromatic N) is 3. The molecule has 1 fully saturated rings. The van der Waals surface area contributed by atoms with E-state index in [1.807, 2.05) is 18.3 Å². The Bertz CT molecular complexity index is 794. The zero-order valence-electron chi connectivity index (χ0n) is 20.2. The lowest BCUT2D eigenvalue weighted by molar-refractivity contribution is 0.208. The summed E-state index contributed by atoms with van der Waals surface area (Å²) in [6.07, 6.45) is 12.6. The minimum absolute atomic E-state index is 0.242. The van der Waals surface area contributed by atoms with E-state index >= 15 is 0 Å². The van der Waals surface area contributed by atoms with E-state index in [9.17, 15) is 0 Å². The Morgan fingerprint density at radius 1 is 1.16 bits per heavy atom. The van der Waals surface area contributed by atoms with Crippen LogP contribution in [0.4, 0.5) is 0 Å². The molecule has 5 heteroatoms. The second-order valence-corrected chi connectivity index (χ2v) is 9.79. The molecule has 1 aromatic rings. The summed E-state index contributed by atoms with van der Waals surface area (Å²) in [4.78, 5) is 6.87. The van der Waals surface area contributed by atoms with E-state index in [0.29, 0.717) is 0 Å². The van der Waals surface area contributed by atoms with Crippen LogP contribution in [0.3, 0.4) is 0 Å². The maximum absolute atomic E-state index is 6.16. The third-order valence-corrected chi connectivity index (χ3v) is 7.20. The molecule has 1 heterocycles. The number of rotatable bonds is 11. The summed E-state index contributed by atoms with van der Waals surface area (Å²) in [5.41, 5.74) is 3.48. The van der Waals surface area contributed by atoms with Crippen LogP contribution in [-0.4, -0.2) is 41.5 Å². The first-order chi connectivity index (χ1) is 15.4. The molecule has 1 N–H and O–H groups in total. The summed E-state index contributed by atoms with van der Waals surface area (Å²) in [5.74, 6) is 1.95. The van der Waals surface area contributed by atoms with Crippen molar-refractivity contribution in [3.05, 3.63) is 71.4 Å². The average Bonchev–Trinajstić information content (AvgIpc) is 3.17. The Hall–Kier alpha value is -2.07. The fourth-order valence-corrected chi connectivity index (χ4v) is 5.11. The summed E-state index contributed by atoms with van der Waals surface area (Å²) < 4.78 is 0. The van der Waals surface area contributed by atoms with Crippen LogP contribution >= 0.6 is 11.6 Å². The van der Waals surface area contributed by atoms with E-state index in [0.717, 1.165) is 48.4 Å². The van der Waals surface area contributed by atoms with E-state index in [4.69, 9.17) is 11.6 Å². The second-order valence-electron chi connectivity index (χ2n) is 9.35. The van der Waals surface area contributed by atoms with Crippen molar-refractivity contribution in [3.8, 4) is 0 Å². The maximum atomic E-state index is 6.16. The van der Waals surface area contributed by atoms with Gasteiger partial charge >= 0.3 is 0 Å². The molecule has 2 aliphatic rings. The van der Waals surface area contributed by atoms with Crippen molar-refractivity contribution in [2.75, 3.05) is 20.6 Å². The molecule has 0 aromatic heterocycles. The van der Waals surface area contributed by atoms with Gasteiger partial charge in [-0.25, -0.2) is 0 Å². The van der Waals surface area contributed by atoms with Crippen LogP contribution in [0.15, 0.2) is 60.8 Å².